The molecule has 0 saturated carbocycles. The van der Waals surface area contributed by atoms with E-state index in [0.29, 0.717) is 23.6 Å². The van der Waals surface area contributed by atoms with Crippen molar-refractivity contribution in [3.8, 4) is 5.88 Å². The minimum atomic E-state index is -0.681. The summed E-state index contributed by atoms with van der Waals surface area (Å²) < 4.78 is 19.0. The Morgan fingerprint density at radius 3 is 2.47 bits per heavy atom. The zero-order chi connectivity index (χ0) is 23.0. The lowest BCUT2D eigenvalue weighted by atomic mass is 9.86. The topological polar surface area (TPSA) is 66.8 Å². The van der Waals surface area contributed by atoms with Crippen LogP contribution in [0.4, 0.5) is 4.79 Å². The summed E-state index contributed by atoms with van der Waals surface area (Å²) >= 11 is 3.48. The van der Waals surface area contributed by atoms with E-state index in [2.05, 4.69) is 15.9 Å². The standard InChI is InChI=1S/C25H24BrNO5/c1-25(2,3)32-24(29)27-20-8-6-5-7-18(20)22-19(15-9-11-16(26)12-10-15)13-17(31-23(22)27)14-21(28)30-4/h5-12,14,19H,13H2,1-4H3/b17-14-. The van der Waals surface area contributed by atoms with Crippen LogP contribution in [-0.4, -0.2) is 29.3 Å². The first-order valence-corrected chi connectivity index (χ1v) is 11.1. The Morgan fingerprint density at radius 1 is 1.12 bits per heavy atom. The summed E-state index contributed by atoms with van der Waals surface area (Å²) in [5.41, 5.74) is 1.93. The number of para-hydroxylation sites is 1. The molecule has 166 valence electrons. The molecule has 3 aromatic rings. The van der Waals surface area contributed by atoms with E-state index >= 15 is 0 Å². The number of carbonyl (C=O) groups excluding carboxylic acids is 2. The Hall–Kier alpha value is -3.06. The molecule has 7 heteroatoms. The molecule has 0 saturated heterocycles. The zero-order valence-electron chi connectivity index (χ0n) is 18.3. The maximum atomic E-state index is 13.2. The third-order valence-electron chi connectivity index (χ3n) is 5.18. The van der Waals surface area contributed by atoms with Gasteiger partial charge in [-0.3, -0.25) is 0 Å². The third kappa shape index (κ3) is 4.30. The average molecular weight is 498 g/mol. The van der Waals surface area contributed by atoms with Gasteiger partial charge in [-0.2, -0.15) is 0 Å². The molecule has 32 heavy (non-hydrogen) atoms. The van der Waals surface area contributed by atoms with Crippen LogP contribution in [0.5, 0.6) is 5.88 Å². The third-order valence-corrected chi connectivity index (χ3v) is 5.71. The predicted molar refractivity (Wildman–Crippen MR) is 125 cm³/mol. The van der Waals surface area contributed by atoms with Crippen molar-refractivity contribution in [1.29, 1.82) is 0 Å². The van der Waals surface area contributed by atoms with Crippen LogP contribution in [0.25, 0.3) is 10.9 Å². The highest BCUT2D eigenvalue weighted by atomic mass is 79.9. The number of fused-ring (bicyclic) bond motifs is 3. The van der Waals surface area contributed by atoms with Gasteiger partial charge in [0.25, 0.3) is 0 Å². The number of halogens is 1. The molecule has 0 spiro atoms. The highest BCUT2D eigenvalue weighted by molar-refractivity contribution is 9.10. The molecule has 2 heterocycles. The van der Waals surface area contributed by atoms with Crippen molar-refractivity contribution in [2.75, 3.05) is 7.11 Å². The number of hydrogen-bond acceptors (Lipinski definition) is 5. The predicted octanol–water partition coefficient (Wildman–Crippen LogP) is 6.16. The van der Waals surface area contributed by atoms with Crippen LogP contribution in [0, 0.1) is 0 Å². The SMILES string of the molecule is COC(=O)/C=C1/CC(c2ccc(Br)cc2)c2c(n(C(=O)OC(C)(C)C)c3ccccc23)O1. The number of hydrogen-bond donors (Lipinski definition) is 0. The Labute approximate surface area is 194 Å². The number of aromatic nitrogens is 1. The molecule has 1 aromatic heterocycles. The van der Waals surface area contributed by atoms with Gasteiger partial charge in [-0.15, -0.1) is 0 Å². The van der Waals surface area contributed by atoms with Gasteiger partial charge in [0.15, 0.2) is 0 Å². The Morgan fingerprint density at radius 2 is 1.81 bits per heavy atom. The van der Waals surface area contributed by atoms with E-state index in [9.17, 15) is 9.59 Å². The molecule has 0 aliphatic carbocycles. The number of nitrogens with zero attached hydrogens (tertiary/aromatic N) is 1. The minimum Gasteiger partial charge on any atom is -0.466 e. The molecule has 0 fully saturated rings. The van der Waals surface area contributed by atoms with Crippen molar-refractivity contribution in [3.63, 3.8) is 0 Å². The van der Waals surface area contributed by atoms with Crippen molar-refractivity contribution < 1.29 is 23.8 Å². The van der Waals surface area contributed by atoms with Crippen molar-refractivity contribution in [2.24, 2.45) is 0 Å². The van der Waals surface area contributed by atoms with Crippen LogP contribution in [0.1, 0.15) is 44.2 Å². The quantitative estimate of drug-likeness (QED) is 0.313. The van der Waals surface area contributed by atoms with Crippen molar-refractivity contribution in [3.05, 3.63) is 76.0 Å². The lowest BCUT2D eigenvalue weighted by Crippen LogP contribution is -2.28. The molecule has 6 nitrogen and oxygen atoms in total. The van der Waals surface area contributed by atoms with Gasteiger partial charge in [-0.05, 0) is 44.5 Å². The minimum absolute atomic E-state index is 0.128. The highest BCUT2D eigenvalue weighted by Gasteiger charge is 2.35. The van der Waals surface area contributed by atoms with Crippen LogP contribution in [-0.2, 0) is 14.3 Å². The van der Waals surface area contributed by atoms with E-state index in [1.165, 1.54) is 17.8 Å². The van der Waals surface area contributed by atoms with Crippen LogP contribution in [0.15, 0.2) is 64.8 Å². The molecular weight excluding hydrogens is 474 g/mol. The van der Waals surface area contributed by atoms with Crippen molar-refractivity contribution in [2.45, 2.75) is 38.7 Å². The Kier molecular flexibility index (Phi) is 5.86. The summed E-state index contributed by atoms with van der Waals surface area (Å²) in [5, 5.41) is 0.901. The largest absolute Gasteiger partial charge is 0.466 e. The monoisotopic (exact) mass is 497 g/mol. The van der Waals surface area contributed by atoms with Gasteiger partial charge < -0.3 is 14.2 Å². The fourth-order valence-corrected chi connectivity index (χ4v) is 4.16. The number of benzene rings is 2. The molecule has 1 aliphatic heterocycles. The number of rotatable bonds is 2. The van der Waals surface area contributed by atoms with E-state index in [4.69, 9.17) is 14.2 Å². The first-order valence-electron chi connectivity index (χ1n) is 10.3. The van der Waals surface area contributed by atoms with Crippen LogP contribution < -0.4 is 4.74 Å². The van der Waals surface area contributed by atoms with Gasteiger partial charge in [-0.1, -0.05) is 46.3 Å². The number of ether oxygens (including phenoxy) is 3. The van der Waals surface area contributed by atoms with E-state index in [0.717, 1.165) is 21.0 Å². The first kappa shape index (κ1) is 22.1. The van der Waals surface area contributed by atoms with Crippen LogP contribution in [0.3, 0.4) is 0 Å². The molecule has 4 rings (SSSR count). The molecule has 1 aliphatic rings. The van der Waals surface area contributed by atoms with Gasteiger partial charge in [0.05, 0.1) is 18.7 Å². The fourth-order valence-electron chi connectivity index (χ4n) is 3.90. The van der Waals surface area contributed by atoms with Gasteiger partial charge >= 0.3 is 12.1 Å². The van der Waals surface area contributed by atoms with E-state index < -0.39 is 17.7 Å². The molecule has 0 amide bonds. The highest BCUT2D eigenvalue weighted by Crippen LogP contribution is 2.47. The molecule has 0 radical (unpaired) electrons. The van der Waals surface area contributed by atoms with Crippen LogP contribution >= 0.6 is 15.9 Å². The van der Waals surface area contributed by atoms with Gasteiger partial charge in [0.1, 0.15) is 11.4 Å². The summed E-state index contributed by atoms with van der Waals surface area (Å²) in [4.78, 5) is 25.2. The number of methoxy groups -OCH3 is 1. The van der Waals surface area contributed by atoms with E-state index in [1.54, 1.807) is 0 Å². The smallest absolute Gasteiger partial charge is 0.421 e. The Balaban J connectivity index is 1.96. The summed E-state index contributed by atoms with van der Waals surface area (Å²) in [6, 6.07) is 15.6. The summed E-state index contributed by atoms with van der Waals surface area (Å²) in [7, 11) is 1.32. The molecule has 0 N–H and O–H groups in total. The second kappa shape index (κ2) is 8.47. The van der Waals surface area contributed by atoms with Crippen molar-refractivity contribution >= 4 is 38.9 Å². The average Bonchev–Trinajstić information content (AvgIpc) is 3.06. The molecule has 0 bridgehead atoms. The molecule has 2 aromatic carbocycles. The van der Waals surface area contributed by atoms with E-state index in [-0.39, 0.29) is 5.92 Å². The number of allylic oxidation sites excluding steroid dienone is 1. The lowest BCUT2D eigenvalue weighted by Gasteiger charge is -2.27. The van der Waals surface area contributed by atoms with Gasteiger partial charge in [0.2, 0.25) is 5.88 Å². The first-order chi connectivity index (χ1) is 15.2. The lowest BCUT2D eigenvalue weighted by molar-refractivity contribution is -0.135. The maximum absolute atomic E-state index is 13.2. The van der Waals surface area contributed by atoms with Gasteiger partial charge in [-0.25, -0.2) is 14.2 Å². The van der Waals surface area contributed by atoms with Gasteiger partial charge in [0, 0.05) is 27.8 Å². The summed E-state index contributed by atoms with van der Waals surface area (Å²) in [5.74, 6) is 0.133. The maximum Gasteiger partial charge on any atom is 0.421 e. The second-order valence-corrected chi connectivity index (χ2v) is 9.51. The van der Waals surface area contributed by atoms with Crippen molar-refractivity contribution in [1.82, 2.24) is 4.57 Å². The zero-order valence-corrected chi connectivity index (χ0v) is 19.9. The normalized spacial score (nSPS) is 17.0. The Bertz CT molecular complexity index is 1220. The van der Waals surface area contributed by atoms with Crippen LogP contribution in [0.2, 0.25) is 0 Å². The molecule has 1 unspecified atom stereocenters. The molecular formula is C25H24BrNO5. The van der Waals surface area contributed by atoms with E-state index in [1.807, 2.05) is 69.3 Å². The number of carbonyl (C=O) groups is 2. The fraction of sp³-hybridized carbons (Fsp3) is 0.280. The second-order valence-electron chi connectivity index (χ2n) is 8.60. The molecule has 1 atom stereocenters. The summed E-state index contributed by atoms with van der Waals surface area (Å²) in [6.45, 7) is 5.45. The summed E-state index contributed by atoms with van der Waals surface area (Å²) in [6.07, 6.45) is 1.24. The number of esters is 1.